The average Bonchev–Trinajstić information content (AvgIpc) is 2.66. The Morgan fingerprint density at radius 2 is 1.73 bits per heavy atom. The van der Waals surface area contributed by atoms with Crippen molar-refractivity contribution >= 4 is 5.91 Å². The van der Waals surface area contributed by atoms with Crippen LogP contribution in [0.2, 0.25) is 0 Å². The van der Waals surface area contributed by atoms with Gasteiger partial charge in [-0.05, 0) is 42.3 Å². The number of ether oxygens (including phenoxy) is 1. The van der Waals surface area contributed by atoms with Crippen LogP contribution in [0.25, 0.3) is 0 Å². The summed E-state index contributed by atoms with van der Waals surface area (Å²) < 4.78 is 10.6. The van der Waals surface area contributed by atoms with Crippen molar-refractivity contribution in [3.8, 4) is 5.75 Å². The van der Waals surface area contributed by atoms with Crippen LogP contribution in [0.15, 0.2) is 70.1 Å². The molecule has 0 spiro atoms. The first kappa shape index (κ1) is 17.4. The van der Waals surface area contributed by atoms with E-state index in [0.717, 1.165) is 16.9 Å². The van der Waals surface area contributed by atoms with Gasteiger partial charge in [-0.15, -0.1) is 0 Å². The summed E-state index contributed by atoms with van der Waals surface area (Å²) in [5.41, 5.74) is 1.44. The lowest BCUT2D eigenvalue weighted by molar-refractivity contribution is 0.0911. The molecule has 1 atom stereocenters. The Balaban J connectivity index is 1.95. The molecular formula is C20H18N2O4. The molecule has 0 aliphatic carbocycles. The highest BCUT2D eigenvalue weighted by atomic mass is 16.5. The van der Waals surface area contributed by atoms with Crippen LogP contribution in [0.3, 0.4) is 0 Å². The van der Waals surface area contributed by atoms with Gasteiger partial charge in [0, 0.05) is 24.5 Å². The fraction of sp³-hybridized carbons (Fsp3) is 0.150. The number of hydrogen-bond acceptors (Lipinski definition) is 5. The number of benzene rings is 1. The van der Waals surface area contributed by atoms with E-state index in [9.17, 15) is 9.59 Å². The molecule has 0 bridgehead atoms. The van der Waals surface area contributed by atoms with Crippen molar-refractivity contribution in [2.24, 2.45) is 0 Å². The Morgan fingerprint density at radius 3 is 2.35 bits per heavy atom. The normalized spacial score (nSPS) is 11.6. The van der Waals surface area contributed by atoms with Crippen LogP contribution in [0, 0.1) is 6.92 Å². The first-order valence-electron chi connectivity index (χ1n) is 8.03. The van der Waals surface area contributed by atoms with Crippen LogP contribution < -0.4 is 15.5 Å². The smallest absolute Gasteiger partial charge is 0.287 e. The van der Waals surface area contributed by atoms with Gasteiger partial charge in [-0.1, -0.05) is 12.1 Å². The van der Waals surface area contributed by atoms with Crippen molar-refractivity contribution < 1.29 is 13.9 Å². The average molecular weight is 350 g/mol. The monoisotopic (exact) mass is 350 g/mol. The minimum Gasteiger partial charge on any atom is -0.497 e. The van der Waals surface area contributed by atoms with Crippen molar-refractivity contribution in [3.63, 3.8) is 0 Å². The standard InChI is InChI=1S/C20H18N2O4/c1-13-11-16(23)12-18(26-13)20(24)22-19(15-7-9-21-10-8-15)14-3-5-17(25-2)6-4-14/h3-12,19H,1-2H3,(H,22,24)/t19-/m1/s1. The van der Waals surface area contributed by atoms with E-state index in [0.29, 0.717) is 5.76 Å². The zero-order valence-electron chi connectivity index (χ0n) is 14.4. The minimum atomic E-state index is -0.469. The van der Waals surface area contributed by atoms with Crippen molar-refractivity contribution in [2.75, 3.05) is 7.11 Å². The number of amides is 1. The predicted molar refractivity (Wildman–Crippen MR) is 96.3 cm³/mol. The fourth-order valence-electron chi connectivity index (χ4n) is 2.63. The highest BCUT2D eigenvalue weighted by Gasteiger charge is 2.20. The Labute approximate surface area is 150 Å². The molecule has 0 saturated heterocycles. The number of hydrogen-bond donors (Lipinski definition) is 1. The van der Waals surface area contributed by atoms with Gasteiger partial charge in [-0.25, -0.2) is 0 Å². The largest absolute Gasteiger partial charge is 0.497 e. The maximum Gasteiger partial charge on any atom is 0.287 e. The molecule has 1 N–H and O–H groups in total. The summed E-state index contributed by atoms with van der Waals surface area (Å²) in [6.45, 7) is 1.63. The lowest BCUT2D eigenvalue weighted by Gasteiger charge is -2.19. The first-order valence-corrected chi connectivity index (χ1v) is 8.03. The molecule has 1 amide bonds. The highest BCUT2D eigenvalue weighted by Crippen LogP contribution is 2.24. The maximum absolute atomic E-state index is 12.6. The molecule has 6 nitrogen and oxygen atoms in total. The lowest BCUT2D eigenvalue weighted by atomic mass is 9.99. The van der Waals surface area contributed by atoms with Gasteiger partial charge in [0.25, 0.3) is 5.91 Å². The molecule has 0 unspecified atom stereocenters. The number of aromatic nitrogens is 1. The molecule has 2 heterocycles. The highest BCUT2D eigenvalue weighted by molar-refractivity contribution is 5.91. The van der Waals surface area contributed by atoms with E-state index in [-0.39, 0.29) is 11.2 Å². The van der Waals surface area contributed by atoms with Gasteiger partial charge in [-0.3, -0.25) is 14.6 Å². The molecule has 2 aromatic heterocycles. The van der Waals surface area contributed by atoms with Gasteiger partial charge in [0.2, 0.25) is 0 Å². The zero-order valence-corrected chi connectivity index (χ0v) is 14.4. The Morgan fingerprint density at radius 1 is 1.08 bits per heavy atom. The number of methoxy groups -OCH3 is 1. The van der Waals surface area contributed by atoms with Gasteiger partial charge in [0.1, 0.15) is 11.5 Å². The molecule has 0 aliphatic heterocycles. The fourth-order valence-corrected chi connectivity index (χ4v) is 2.63. The van der Waals surface area contributed by atoms with Crippen LogP contribution in [0.1, 0.15) is 33.5 Å². The van der Waals surface area contributed by atoms with Crippen molar-refractivity contribution in [2.45, 2.75) is 13.0 Å². The topological polar surface area (TPSA) is 81.4 Å². The van der Waals surface area contributed by atoms with Gasteiger partial charge in [0.05, 0.1) is 13.2 Å². The summed E-state index contributed by atoms with van der Waals surface area (Å²) in [6.07, 6.45) is 3.32. The van der Waals surface area contributed by atoms with Crippen LogP contribution in [0.5, 0.6) is 5.75 Å². The quantitative estimate of drug-likeness (QED) is 0.765. The van der Waals surface area contributed by atoms with Gasteiger partial charge < -0.3 is 14.5 Å². The zero-order chi connectivity index (χ0) is 18.5. The molecule has 0 saturated carbocycles. The lowest BCUT2D eigenvalue weighted by Crippen LogP contribution is -2.30. The second-order valence-electron chi connectivity index (χ2n) is 5.73. The molecule has 1 aromatic carbocycles. The van der Waals surface area contributed by atoms with Crippen LogP contribution >= 0.6 is 0 Å². The van der Waals surface area contributed by atoms with E-state index in [1.165, 1.54) is 12.1 Å². The van der Waals surface area contributed by atoms with Crippen molar-refractivity contribution in [1.29, 1.82) is 0 Å². The maximum atomic E-state index is 12.6. The van der Waals surface area contributed by atoms with E-state index in [4.69, 9.17) is 9.15 Å². The minimum absolute atomic E-state index is 0.0254. The number of nitrogens with zero attached hydrogens (tertiary/aromatic N) is 1. The molecule has 0 fully saturated rings. The molecule has 26 heavy (non-hydrogen) atoms. The third kappa shape index (κ3) is 3.97. The second-order valence-corrected chi connectivity index (χ2v) is 5.73. The molecule has 3 aromatic rings. The molecule has 0 radical (unpaired) electrons. The van der Waals surface area contributed by atoms with E-state index in [1.54, 1.807) is 26.4 Å². The van der Waals surface area contributed by atoms with Crippen LogP contribution in [-0.2, 0) is 0 Å². The Hall–Kier alpha value is -3.41. The molecular weight excluding hydrogens is 332 g/mol. The first-order chi connectivity index (χ1) is 12.6. The SMILES string of the molecule is COc1ccc([C@@H](NC(=O)c2cc(=O)cc(C)o2)c2ccncc2)cc1. The number of carbonyl (C=O) groups is 1. The van der Waals surface area contributed by atoms with Gasteiger partial charge >= 0.3 is 0 Å². The third-order valence-electron chi connectivity index (χ3n) is 3.88. The molecule has 6 heteroatoms. The summed E-state index contributed by atoms with van der Waals surface area (Å²) >= 11 is 0. The van der Waals surface area contributed by atoms with E-state index in [1.807, 2.05) is 36.4 Å². The van der Waals surface area contributed by atoms with E-state index >= 15 is 0 Å². The summed E-state index contributed by atoms with van der Waals surface area (Å²) in [4.78, 5) is 28.3. The number of aryl methyl sites for hydroxylation is 1. The van der Waals surface area contributed by atoms with Gasteiger partial charge in [0.15, 0.2) is 11.2 Å². The Bertz CT molecular complexity index is 950. The second kappa shape index (κ2) is 7.65. The summed E-state index contributed by atoms with van der Waals surface area (Å²) in [5, 5.41) is 2.92. The van der Waals surface area contributed by atoms with Crippen molar-refractivity contribution in [3.05, 3.63) is 93.8 Å². The van der Waals surface area contributed by atoms with Gasteiger partial charge in [-0.2, -0.15) is 0 Å². The van der Waals surface area contributed by atoms with E-state index < -0.39 is 11.9 Å². The number of rotatable bonds is 5. The van der Waals surface area contributed by atoms with Crippen LogP contribution in [0.4, 0.5) is 0 Å². The molecule has 132 valence electrons. The molecule has 0 aliphatic rings. The summed E-state index contributed by atoms with van der Waals surface area (Å²) in [5.74, 6) is 0.608. The predicted octanol–water partition coefficient (Wildman–Crippen LogP) is 2.87. The number of carbonyl (C=O) groups excluding carboxylic acids is 1. The number of pyridine rings is 1. The van der Waals surface area contributed by atoms with Crippen molar-refractivity contribution in [1.82, 2.24) is 10.3 Å². The number of nitrogens with one attached hydrogen (secondary N) is 1. The molecule has 3 rings (SSSR count). The summed E-state index contributed by atoms with van der Waals surface area (Å²) in [7, 11) is 1.59. The third-order valence-corrected chi connectivity index (χ3v) is 3.88. The van der Waals surface area contributed by atoms with E-state index in [2.05, 4.69) is 10.3 Å². The van der Waals surface area contributed by atoms with Crippen LogP contribution in [-0.4, -0.2) is 18.0 Å². The Kier molecular flexibility index (Phi) is 5.12. The summed E-state index contributed by atoms with van der Waals surface area (Å²) in [6, 6.07) is 13.1.